The molecule has 0 unspecified atom stereocenters. The second-order valence-electron chi connectivity index (χ2n) is 6.91. The number of aromatic nitrogens is 1. The van der Waals surface area contributed by atoms with Crippen molar-refractivity contribution in [2.75, 3.05) is 7.11 Å². The van der Waals surface area contributed by atoms with Gasteiger partial charge in [-0.2, -0.15) is 0 Å². The Kier molecular flexibility index (Phi) is 5.98. The second kappa shape index (κ2) is 9.17. The van der Waals surface area contributed by atoms with E-state index in [1.807, 2.05) is 60.7 Å². The van der Waals surface area contributed by atoms with Crippen molar-refractivity contribution in [1.29, 1.82) is 0 Å². The molecule has 0 saturated heterocycles. The normalized spacial score (nSPS) is 11.5. The van der Waals surface area contributed by atoms with E-state index in [9.17, 15) is 9.90 Å². The van der Waals surface area contributed by atoms with Crippen molar-refractivity contribution in [3.05, 3.63) is 89.8 Å². The predicted octanol–water partition coefficient (Wildman–Crippen LogP) is 5.43. The predicted molar refractivity (Wildman–Crippen MR) is 118 cm³/mol. The molecule has 1 N–H and O–H groups in total. The van der Waals surface area contributed by atoms with Crippen molar-refractivity contribution in [3.63, 3.8) is 0 Å². The van der Waals surface area contributed by atoms with Crippen LogP contribution in [-0.2, 0) is 11.4 Å². The number of rotatable bonds is 8. The SMILES string of the molecule is COc1ccc(C=C(CC(=O)O)c2nc3ccccc3o2)cc1OCc1ccccc1. The first-order chi connectivity index (χ1) is 15.1. The third-order valence-corrected chi connectivity index (χ3v) is 4.68. The molecule has 0 amide bonds. The summed E-state index contributed by atoms with van der Waals surface area (Å²) in [5, 5.41) is 9.39. The van der Waals surface area contributed by atoms with Crippen LogP contribution in [0.1, 0.15) is 23.4 Å². The Morgan fingerprint density at radius 2 is 1.81 bits per heavy atom. The zero-order valence-electron chi connectivity index (χ0n) is 16.9. The lowest BCUT2D eigenvalue weighted by Gasteiger charge is -2.12. The van der Waals surface area contributed by atoms with Crippen LogP contribution in [0.3, 0.4) is 0 Å². The molecule has 0 bridgehead atoms. The first kappa shape index (κ1) is 20.2. The fourth-order valence-corrected chi connectivity index (χ4v) is 3.19. The molecule has 156 valence electrons. The van der Waals surface area contributed by atoms with Crippen molar-refractivity contribution in [2.24, 2.45) is 0 Å². The fraction of sp³-hybridized carbons (Fsp3) is 0.120. The van der Waals surface area contributed by atoms with Gasteiger partial charge in [-0.25, -0.2) is 4.98 Å². The van der Waals surface area contributed by atoms with E-state index < -0.39 is 5.97 Å². The lowest BCUT2D eigenvalue weighted by atomic mass is 10.1. The molecule has 0 atom stereocenters. The Labute approximate surface area is 179 Å². The standard InChI is InChI=1S/C25H21NO5/c1-29-22-12-11-18(14-23(22)30-16-17-7-3-2-4-8-17)13-19(15-24(27)28)25-26-20-9-5-6-10-21(20)31-25/h2-14H,15-16H2,1H3,(H,27,28). The number of benzene rings is 3. The summed E-state index contributed by atoms with van der Waals surface area (Å²) in [6.45, 7) is 0.386. The van der Waals surface area contributed by atoms with Gasteiger partial charge in [-0.1, -0.05) is 48.5 Å². The largest absolute Gasteiger partial charge is 0.493 e. The molecule has 0 aliphatic carbocycles. The summed E-state index contributed by atoms with van der Waals surface area (Å²) in [6.07, 6.45) is 1.52. The average molecular weight is 415 g/mol. The van der Waals surface area contributed by atoms with Gasteiger partial charge in [-0.15, -0.1) is 0 Å². The molecule has 0 saturated carbocycles. The van der Waals surface area contributed by atoms with E-state index in [1.54, 1.807) is 25.3 Å². The smallest absolute Gasteiger partial charge is 0.308 e. The van der Waals surface area contributed by atoms with Gasteiger partial charge in [0.2, 0.25) is 5.89 Å². The lowest BCUT2D eigenvalue weighted by Crippen LogP contribution is -1.99. The first-order valence-corrected chi connectivity index (χ1v) is 9.75. The Morgan fingerprint density at radius 1 is 1.03 bits per heavy atom. The molecule has 0 fully saturated rings. The highest BCUT2D eigenvalue weighted by atomic mass is 16.5. The number of ether oxygens (including phenoxy) is 2. The quantitative estimate of drug-likeness (QED) is 0.413. The van der Waals surface area contributed by atoms with Crippen LogP contribution in [0, 0.1) is 0 Å². The highest BCUT2D eigenvalue weighted by Gasteiger charge is 2.15. The van der Waals surface area contributed by atoms with E-state index in [0.29, 0.717) is 34.8 Å². The molecule has 4 rings (SSSR count). The van der Waals surface area contributed by atoms with E-state index in [0.717, 1.165) is 11.1 Å². The van der Waals surface area contributed by atoms with E-state index in [-0.39, 0.29) is 12.3 Å². The number of methoxy groups -OCH3 is 1. The first-order valence-electron chi connectivity index (χ1n) is 9.75. The molecule has 6 heteroatoms. The summed E-state index contributed by atoms with van der Waals surface area (Å²) in [5.41, 5.74) is 3.53. The Balaban J connectivity index is 1.67. The number of oxazole rings is 1. The fourth-order valence-electron chi connectivity index (χ4n) is 3.19. The molecule has 0 spiro atoms. The van der Waals surface area contributed by atoms with Gasteiger partial charge in [0.25, 0.3) is 0 Å². The van der Waals surface area contributed by atoms with E-state index in [2.05, 4.69) is 4.98 Å². The minimum absolute atomic E-state index is 0.223. The van der Waals surface area contributed by atoms with E-state index in [4.69, 9.17) is 13.9 Å². The van der Waals surface area contributed by atoms with E-state index in [1.165, 1.54) is 0 Å². The van der Waals surface area contributed by atoms with Crippen LogP contribution in [0.4, 0.5) is 0 Å². The summed E-state index contributed by atoms with van der Waals surface area (Å²) in [7, 11) is 1.58. The van der Waals surface area contributed by atoms with Crippen LogP contribution in [0.5, 0.6) is 11.5 Å². The summed E-state index contributed by atoms with van der Waals surface area (Å²) >= 11 is 0. The molecular formula is C25H21NO5. The number of fused-ring (bicyclic) bond motifs is 1. The topological polar surface area (TPSA) is 81.8 Å². The zero-order chi connectivity index (χ0) is 21.6. The third-order valence-electron chi connectivity index (χ3n) is 4.68. The zero-order valence-corrected chi connectivity index (χ0v) is 16.9. The second-order valence-corrected chi connectivity index (χ2v) is 6.91. The molecule has 0 radical (unpaired) electrons. The monoisotopic (exact) mass is 415 g/mol. The molecular weight excluding hydrogens is 394 g/mol. The number of hydrogen-bond donors (Lipinski definition) is 1. The Hall–Kier alpha value is -4.06. The highest BCUT2D eigenvalue weighted by Crippen LogP contribution is 2.32. The molecule has 4 aromatic rings. The van der Waals surface area contributed by atoms with Crippen LogP contribution < -0.4 is 9.47 Å². The Morgan fingerprint density at radius 3 is 2.55 bits per heavy atom. The summed E-state index contributed by atoms with van der Waals surface area (Å²) in [5.74, 6) is 0.468. The summed E-state index contributed by atoms with van der Waals surface area (Å²) in [4.78, 5) is 15.9. The summed E-state index contributed by atoms with van der Waals surface area (Å²) in [6, 6.07) is 22.6. The van der Waals surface area contributed by atoms with Crippen molar-refractivity contribution in [1.82, 2.24) is 4.98 Å². The van der Waals surface area contributed by atoms with Crippen LogP contribution in [0.15, 0.2) is 77.2 Å². The number of nitrogens with zero attached hydrogens (tertiary/aromatic N) is 1. The number of para-hydroxylation sites is 2. The molecule has 31 heavy (non-hydrogen) atoms. The maximum Gasteiger partial charge on any atom is 0.308 e. The minimum Gasteiger partial charge on any atom is -0.493 e. The van der Waals surface area contributed by atoms with Gasteiger partial charge in [-0.3, -0.25) is 4.79 Å². The van der Waals surface area contributed by atoms with Crippen molar-refractivity contribution in [3.8, 4) is 11.5 Å². The van der Waals surface area contributed by atoms with Gasteiger partial charge in [0, 0.05) is 5.57 Å². The van der Waals surface area contributed by atoms with Crippen molar-refractivity contribution < 1.29 is 23.8 Å². The van der Waals surface area contributed by atoms with Crippen LogP contribution >= 0.6 is 0 Å². The lowest BCUT2D eigenvalue weighted by molar-refractivity contribution is -0.135. The van der Waals surface area contributed by atoms with Gasteiger partial charge in [0.05, 0.1) is 13.5 Å². The van der Waals surface area contributed by atoms with Gasteiger partial charge < -0.3 is 19.0 Å². The molecule has 6 nitrogen and oxygen atoms in total. The number of hydrogen-bond acceptors (Lipinski definition) is 5. The Bertz CT molecular complexity index is 1190. The molecule has 1 heterocycles. The average Bonchev–Trinajstić information content (AvgIpc) is 3.22. The van der Waals surface area contributed by atoms with Gasteiger partial charge in [0.1, 0.15) is 12.1 Å². The molecule has 1 aromatic heterocycles. The third kappa shape index (κ3) is 4.93. The van der Waals surface area contributed by atoms with Crippen molar-refractivity contribution >= 4 is 28.7 Å². The number of carboxylic acids is 1. The van der Waals surface area contributed by atoms with Gasteiger partial charge >= 0.3 is 5.97 Å². The van der Waals surface area contributed by atoms with Crippen molar-refractivity contribution in [2.45, 2.75) is 13.0 Å². The van der Waals surface area contributed by atoms with Crippen LogP contribution in [-0.4, -0.2) is 23.2 Å². The molecule has 0 aliphatic rings. The summed E-state index contributed by atoms with van der Waals surface area (Å²) < 4.78 is 17.2. The highest BCUT2D eigenvalue weighted by molar-refractivity contribution is 5.91. The van der Waals surface area contributed by atoms with E-state index >= 15 is 0 Å². The van der Waals surface area contributed by atoms with Crippen LogP contribution in [0.2, 0.25) is 0 Å². The number of carboxylic acid groups (broad SMARTS) is 1. The maximum atomic E-state index is 11.5. The number of aliphatic carboxylic acids is 1. The minimum atomic E-state index is -0.970. The van der Waals surface area contributed by atoms with Gasteiger partial charge in [0.15, 0.2) is 17.1 Å². The number of carbonyl (C=O) groups is 1. The molecule has 3 aromatic carbocycles. The maximum absolute atomic E-state index is 11.5. The molecule has 0 aliphatic heterocycles. The van der Waals surface area contributed by atoms with Crippen LogP contribution in [0.25, 0.3) is 22.7 Å². The van der Waals surface area contributed by atoms with Gasteiger partial charge in [-0.05, 0) is 41.5 Å².